The maximum absolute atomic E-state index is 12.6. The van der Waals surface area contributed by atoms with Crippen molar-refractivity contribution in [1.29, 1.82) is 0 Å². The van der Waals surface area contributed by atoms with E-state index in [0.29, 0.717) is 5.69 Å². The molecule has 1 aromatic heterocycles. The molecule has 2 rings (SSSR count). The van der Waals surface area contributed by atoms with E-state index in [0.717, 1.165) is 5.56 Å². The van der Waals surface area contributed by atoms with Gasteiger partial charge in [0.25, 0.3) is 0 Å². The number of hydrogen-bond donors (Lipinski definition) is 1. The van der Waals surface area contributed by atoms with Gasteiger partial charge < -0.3 is 10.5 Å². The number of nitrogens with zero attached hydrogens (tertiary/aromatic N) is 2. The second-order valence-electron chi connectivity index (χ2n) is 4.53. The lowest BCUT2D eigenvalue weighted by atomic mass is 10.3. The van der Waals surface area contributed by atoms with Gasteiger partial charge in [0.15, 0.2) is 0 Å². The number of sulfonamides is 1. The zero-order chi connectivity index (χ0) is 15.5. The maximum atomic E-state index is 12.6. The normalized spacial score (nSPS) is 11.6. The quantitative estimate of drug-likeness (QED) is 0.846. The van der Waals surface area contributed by atoms with Crippen molar-refractivity contribution in [2.45, 2.75) is 11.4 Å². The number of rotatable bonds is 5. The van der Waals surface area contributed by atoms with Crippen LogP contribution in [0.3, 0.4) is 0 Å². The van der Waals surface area contributed by atoms with Gasteiger partial charge in [-0.2, -0.15) is 4.31 Å². The Morgan fingerprint density at radius 1 is 1.24 bits per heavy atom. The molecule has 1 aromatic carbocycles. The van der Waals surface area contributed by atoms with E-state index >= 15 is 0 Å². The number of ether oxygens (including phenoxy) is 1. The summed E-state index contributed by atoms with van der Waals surface area (Å²) in [6.45, 7) is 0.239. The Morgan fingerprint density at radius 3 is 2.52 bits per heavy atom. The molecule has 0 saturated heterocycles. The molecule has 0 aliphatic rings. The summed E-state index contributed by atoms with van der Waals surface area (Å²) in [7, 11) is -0.758. The average molecular weight is 307 g/mol. The minimum absolute atomic E-state index is 0.0570. The molecule has 0 bridgehead atoms. The van der Waals surface area contributed by atoms with Gasteiger partial charge in [0, 0.05) is 31.7 Å². The minimum Gasteiger partial charge on any atom is -0.495 e. The molecule has 6 nitrogen and oxygen atoms in total. The Kier molecular flexibility index (Phi) is 4.44. The van der Waals surface area contributed by atoms with E-state index in [1.807, 2.05) is 0 Å². The minimum atomic E-state index is -3.69. The molecule has 0 aliphatic carbocycles. The highest BCUT2D eigenvalue weighted by atomic mass is 32.2. The van der Waals surface area contributed by atoms with Crippen molar-refractivity contribution in [2.24, 2.45) is 0 Å². The summed E-state index contributed by atoms with van der Waals surface area (Å²) >= 11 is 0. The van der Waals surface area contributed by atoms with Gasteiger partial charge in [0.05, 0.1) is 7.11 Å². The molecule has 1 heterocycles. The maximum Gasteiger partial charge on any atom is 0.246 e. The summed E-state index contributed by atoms with van der Waals surface area (Å²) in [5, 5.41) is 0. The molecule has 0 fully saturated rings. The van der Waals surface area contributed by atoms with Gasteiger partial charge in [-0.3, -0.25) is 4.98 Å². The predicted octanol–water partition coefficient (Wildman–Crippen LogP) is 1.49. The molecule has 0 unspecified atom stereocenters. The van der Waals surface area contributed by atoms with Gasteiger partial charge in [0.2, 0.25) is 10.0 Å². The standard InChI is InChI=1S/C14H17N3O3S/c1-17(10-11-5-7-16-8-6-11)21(18,19)14-9-12(15)3-4-13(14)20-2/h3-9H,10,15H2,1-2H3. The summed E-state index contributed by atoms with van der Waals surface area (Å²) in [5.74, 6) is 0.269. The van der Waals surface area contributed by atoms with Crippen LogP contribution in [0.5, 0.6) is 5.75 Å². The smallest absolute Gasteiger partial charge is 0.246 e. The summed E-state index contributed by atoms with van der Waals surface area (Å²) < 4.78 is 31.7. The Morgan fingerprint density at radius 2 is 1.90 bits per heavy atom. The van der Waals surface area contributed by atoms with Crippen molar-refractivity contribution in [3.63, 3.8) is 0 Å². The molecule has 112 valence electrons. The zero-order valence-corrected chi connectivity index (χ0v) is 12.7. The van der Waals surface area contributed by atoms with Crippen LogP contribution in [0, 0.1) is 0 Å². The highest BCUT2D eigenvalue weighted by Crippen LogP contribution is 2.28. The van der Waals surface area contributed by atoms with E-state index in [1.165, 1.54) is 24.5 Å². The first-order valence-corrected chi connectivity index (χ1v) is 7.68. The van der Waals surface area contributed by atoms with Crippen molar-refractivity contribution >= 4 is 15.7 Å². The van der Waals surface area contributed by atoms with Crippen molar-refractivity contribution in [3.8, 4) is 5.75 Å². The number of nitrogen functional groups attached to an aromatic ring is 1. The van der Waals surface area contributed by atoms with Crippen molar-refractivity contribution < 1.29 is 13.2 Å². The lowest BCUT2D eigenvalue weighted by molar-refractivity contribution is 0.397. The first-order chi connectivity index (χ1) is 9.95. The summed E-state index contributed by atoms with van der Waals surface area (Å²) in [5.41, 5.74) is 6.90. The molecule has 21 heavy (non-hydrogen) atoms. The summed E-state index contributed by atoms with van der Waals surface area (Å²) in [6.07, 6.45) is 3.24. The third-order valence-electron chi connectivity index (χ3n) is 3.03. The second-order valence-corrected chi connectivity index (χ2v) is 6.54. The van der Waals surface area contributed by atoms with E-state index < -0.39 is 10.0 Å². The van der Waals surface area contributed by atoms with E-state index in [2.05, 4.69) is 4.98 Å². The SMILES string of the molecule is COc1ccc(N)cc1S(=O)(=O)N(C)Cc1ccncc1. The zero-order valence-electron chi connectivity index (χ0n) is 11.9. The van der Waals surface area contributed by atoms with Crippen molar-refractivity contribution in [2.75, 3.05) is 19.9 Å². The number of aromatic nitrogens is 1. The van der Waals surface area contributed by atoms with Crippen LogP contribution in [0.25, 0.3) is 0 Å². The molecule has 2 aromatic rings. The molecular weight excluding hydrogens is 290 g/mol. The monoisotopic (exact) mass is 307 g/mol. The average Bonchev–Trinajstić information content (AvgIpc) is 2.48. The van der Waals surface area contributed by atoms with Crippen LogP contribution in [-0.2, 0) is 16.6 Å². The molecule has 0 saturated carbocycles. The lowest BCUT2D eigenvalue weighted by Crippen LogP contribution is -2.27. The topological polar surface area (TPSA) is 85.5 Å². The third kappa shape index (κ3) is 3.32. The number of pyridine rings is 1. The highest BCUT2D eigenvalue weighted by Gasteiger charge is 2.25. The number of hydrogen-bond acceptors (Lipinski definition) is 5. The molecule has 0 atom stereocenters. The Bertz CT molecular complexity index is 717. The molecule has 0 aliphatic heterocycles. The van der Waals surface area contributed by atoms with Gasteiger partial charge in [0.1, 0.15) is 10.6 Å². The first kappa shape index (κ1) is 15.3. The van der Waals surface area contributed by atoms with Gasteiger partial charge in [-0.1, -0.05) is 0 Å². The van der Waals surface area contributed by atoms with E-state index in [9.17, 15) is 8.42 Å². The predicted molar refractivity (Wildman–Crippen MR) is 80.3 cm³/mol. The third-order valence-corrected chi connectivity index (χ3v) is 4.86. The molecule has 2 N–H and O–H groups in total. The van der Waals surface area contributed by atoms with Crippen LogP contribution in [0.2, 0.25) is 0 Å². The Balaban J connectivity index is 2.35. The first-order valence-electron chi connectivity index (χ1n) is 6.24. The fourth-order valence-electron chi connectivity index (χ4n) is 1.89. The number of methoxy groups -OCH3 is 1. The van der Waals surface area contributed by atoms with Gasteiger partial charge >= 0.3 is 0 Å². The van der Waals surface area contributed by atoms with Crippen LogP contribution in [0.4, 0.5) is 5.69 Å². The second kappa shape index (κ2) is 6.11. The fourth-order valence-corrected chi connectivity index (χ4v) is 3.24. The molecule has 7 heteroatoms. The Labute approximate surface area is 124 Å². The molecule has 0 amide bonds. The lowest BCUT2D eigenvalue weighted by Gasteiger charge is -2.19. The van der Waals surface area contributed by atoms with E-state index in [4.69, 9.17) is 10.5 Å². The van der Waals surface area contributed by atoms with Crippen LogP contribution >= 0.6 is 0 Å². The van der Waals surface area contributed by atoms with Gasteiger partial charge in [-0.05, 0) is 35.9 Å². The largest absolute Gasteiger partial charge is 0.495 e. The van der Waals surface area contributed by atoms with E-state index in [1.54, 1.807) is 36.7 Å². The van der Waals surface area contributed by atoms with Gasteiger partial charge in [-0.25, -0.2) is 8.42 Å². The van der Waals surface area contributed by atoms with Crippen LogP contribution in [-0.4, -0.2) is 31.9 Å². The van der Waals surface area contributed by atoms with Gasteiger partial charge in [-0.15, -0.1) is 0 Å². The van der Waals surface area contributed by atoms with E-state index in [-0.39, 0.29) is 17.2 Å². The Hall–Kier alpha value is -2.12. The summed E-state index contributed by atoms with van der Waals surface area (Å²) in [6, 6.07) is 8.08. The van der Waals surface area contributed by atoms with Crippen molar-refractivity contribution in [1.82, 2.24) is 9.29 Å². The molecular formula is C14H17N3O3S. The number of nitrogens with two attached hydrogens (primary N) is 1. The number of benzene rings is 1. The van der Waals surface area contributed by atoms with Crippen LogP contribution in [0.1, 0.15) is 5.56 Å². The van der Waals surface area contributed by atoms with Crippen LogP contribution < -0.4 is 10.5 Å². The summed E-state index contributed by atoms with van der Waals surface area (Å²) in [4.78, 5) is 3.96. The molecule has 0 spiro atoms. The van der Waals surface area contributed by atoms with Crippen LogP contribution in [0.15, 0.2) is 47.6 Å². The molecule has 0 radical (unpaired) electrons. The fraction of sp³-hybridized carbons (Fsp3) is 0.214. The van der Waals surface area contributed by atoms with Crippen molar-refractivity contribution in [3.05, 3.63) is 48.3 Å². The number of anilines is 1. The highest BCUT2D eigenvalue weighted by molar-refractivity contribution is 7.89.